The maximum absolute atomic E-state index is 12.2. The Bertz CT molecular complexity index is 753. The van der Waals surface area contributed by atoms with Gasteiger partial charge in [0.2, 0.25) is 5.91 Å². The number of methoxy groups -OCH3 is 2. The maximum Gasteiger partial charge on any atom is 0.224 e. The van der Waals surface area contributed by atoms with Gasteiger partial charge < -0.3 is 14.8 Å². The molecule has 24 heavy (non-hydrogen) atoms. The lowest BCUT2D eigenvalue weighted by Gasteiger charge is -2.12. The van der Waals surface area contributed by atoms with Gasteiger partial charge in [-0.1, -0.05) is 43.5 Å². The fraction of sp³-hybridized carbons (Fsp3) is 0.235. The molecule has 0 atom stereocenters. The van der Waals surface area contributed by atoms with Gasteiger partial charge in [-0.15, -0.1) is 0 Å². The van der Waals surface area contributed by atoms with Gasteiger partial charge in [0.05, 0.1) is 24.9 Å². The third-order valence-corrected chi connectivity index (χ3v) is 4.92. The molecule has 0 aliphatic heterocycles. The van der Waals surface area contributed by atoms with Crippen molar-refractivity contribution in [3.8, 4) is 11.5 Å². The smallest absolute Gasteiger partial charge is 0.224 e. The SMILES string of the molecule is COc1cc(Br)c(CCC(=O)Nc2ccc(Br)cc2Cl)cc1OC. The lowest BCUT2D eigenvalue weighted by atomic mass is 10.1. The van der Waals surface area contributed by atoms with E-state index in [0.29, 0.717) is 35.1 Å². The number of halogens is 3. The normalized spacial score (nSPS) is 10.4. The first-order chi connectivity index (χ1) is 11.4. The van der Waals surface area contributed by atoms with Crippen molar-refractivity contribution < 1.29 is 14.3 Å². The Balaban J connectivity index is 2.03. The number of carbonyl (C=O) groups is 1. The number of aryl methyl sites for hydroxylation is 1. The molecular weight excluding hydrogens is 461 g/mol. The topological polar surface area (TPSA) is 47.6 Å². The van der Waals surface area contributed by atoms with E-state index in [1.54, 1.807) is 26.4 Å². The van der Waals surface area contributed by atoms with Gasteiger partial charge in [0.25, 0.3) is 0 Å². The molecule has 4 nitrogen and oxygen atoms in total. The van der Waals surface area contributed by atoms with E-state index in [2.05, 4.69) is 37.2 Å². The number of rotatable bonds is 6. The molecule has 0 saturated carbocycles. The summed E-state index contributed by atoms with van der Waals surface area (Å²) in [7, 11) is 3.16. The Morgan fingerprint density at radius 1 is 1.12 bits per heavy atom. The first-order valence-electron chi connectivity index (χ1n) is 7.10. The van der Waals surface area contributed by atoms with Crippen molar-refractivity contribution in [3.63, 3.8) is 0 Å². The van der Waals surface area contributed by atoms with Crippen LogP contribution < -0.4 is 14.8 Å². The third-order valence-electron chi connectivity index (χ3n) is 3.38. The molecule has 1 N–H and O–H groups in total. The standard InChI is InChI=1S/C17H16Br2ClNO3/c1-23-15-7-10(12(19)9-16(15)24-2)3-6-17(22)21-14-5-4-11(18)8-13(14)20/h4-5,7-9H,3,6H2,1-2H3,(H,21,22). The Hall–Kier alpha value is -1.24. The van der Waals surface area contributed by atoms with Gasteiger partial charge >= 0.3 is 0 Å². The van der Waals surface area contributed by atoms with Crippen molar-refractivity contribution in [1.82, 2.24) is 0 Å². The minimum Gasteiger partial charge on any atom is -0.493 e. The molecule has 1 amide bonds. The summed E-state index contributed by atoms with van der Waals surface area (Å²) in [6, 6.07) is 9.02. The molecule has 0 radical (unpaired) electrons. The highest BCUT2D eigenvalue weighted by atomic mass is 79.9. The molecule has 0 unspecified atom stereocenters. The number of hydrogen-bond donors (Lipinski definition) is 1. The molecular formula is C17H16Br2ClNO3. The van der Waals surface area contributed by atoms with Crippen LogP contribution in [0.3, 0.4) is 0 Å². The molecule has 0 heterocycles. The first kappa shape index (κ1) is 19.1. The molecule has 0 fully saturated rings. The molecule has 0 spiro atoms. The number of nitrogens with one attached hydrogen (secondary N) is 1. The zero-order valence-corrected chi connectivity index (χ0v) is 17.1. The van der Waals surface area contributed by atoms with Gasteiger partial charge in [0.15, 0.2) is 11.5 Å². The fourth-order valence-corrected chi connectivity index (χ4v) is 3.38. The van der Waals surface area contributed by atoms with Crippen LogP contribution in [0.15, 0.2) is 39.3 Å². The summed E-state index contributed by atoms with van der Waals surface area (Å²) in [4.78, 5) is 12.2. The molecule has 7 heteroatoms. The van der Waals surface area contributed by atoms with E-state index < -0.39 is 0 Å². The molecule has 2 aromatic rings. The molecule has 0 saturated heterocycles. The van der Waals surface area contributed by atoms with Gasteiger partial charge in [0.1, 0.15) is 0 Å². The summed E-state index contributed by atoms with van der Waals surface area (Å²) in [6.07, 6.45) is 0.876. The Labute approximate surface area is 162 Å². The highest BCUT2D eigenvalue weighted by Gasteiger charge is 2.12. The summed E-state index contributed by atoms with van der Waals surface area (Å²) in [5.41, 5.74) is 1.56. The quantitative estimate of drug-likeness (QED) is 0.602. The van der Waals surface area contributed by atoms with Gasteiger partial charge in [-0.3, -0.25) is 4.79 Å². The van der Waals surface area contributed by atoms with Crippen LogP contribution in [-0.2, 0) is 11.2 Å². The van der Waals surface area contributed by atoms with Crippen LogP contribution in [0.1, 0.15) is 12.0 Å². The third kappa shape index (κ3) is 4.88. The van der Waals surface area contributed by atoms with Crippen LogP contribution in [0.25, 0.3) is 0 Å². The largest absolute Gasteiger partial charge is 0.493 e. The molecule has 0 aliphatic rings. The molecule has 128 valence electrons. The molecule has 2 rings (SSSR count). The van der Waals surface area contributed by atoms with Gasteiger partial charge in [-0.05, 0) is 42.3 Å². The predicted octanol–water partition coefficient (Wildman–Crippen LogP) is 5.45. The Kier molecular flexibility index (Phi) is 6.95. The Morgan fingerprint density at radius 3 is 2.42 bits per heavy atom. The zero-order valence-electron chi connectivity index (χ0n) is 13.2. The highest BCUT2D eigenvalue weighted by molar-refractivity contribution is 9.10. The van der Waals surface area contributed by atoms with Gasteiger partial charge in [0, 0.05) is 15.4 Å². The van der Waals surface area contributed by atoms with Crippen molar-refractivity contribution in [3.05, 3.63) is 49.9 Å². The lowest BCUT2D eigenvalue weighted by molar-refractivity contribution is -0.116. The van der Waals surface area contributed by atoms with Crippen LogP contribution in [-0.4, -0.2) is 20.1 Å². The summed E-state index contributed by atoms with van der Waals surface area (Å²) >= 11 is 12.9. The minimum atomic E-state index is -0.110. The summed E-state index contributed by atoms with van der Waals surface area (Å²) in [5, 5.41) is 3.31. The van der Waals surface area contributed by atoms with Crippen molar-refractivity contribution in [2.24, 2.45) is 0 Å². The number of ether oxygens (including phenoxy) is 2. The van der Waals surface area contributed by atoms with E-state index in [4.69, 9.17) is 21.1 Å². The second-order valence-electron chi connectivity index (χ2n) is 4.97. The molecule has 0 aliphatic carbocycles. The highest BCUT2D eigenvalue weighted by Crippen LogP contribution is 2.34. The summed E-state index contributed by atoms with van der Waals surface area (Å²) < 4.78 is 12.3. The van der Waals surface area contributed by atoms with Crippen LogP contribution in [0, 0.1) is 0 Å². The summed E-state index contributed by atoms with van der Waals surface area (Å²) in [6.45, 7) is 0. The van der Waals surface area contributed by atoms with Crippen molar-refractivity contribution in [2.75, 3.05) is 19.5 Å². The van der Waals surface area contributed by atoms with Crippen LogP contribution in [0.4, 0.5) is 5.69 Å². The zero-order chi connectivity index (χ0) is 17.7. The summed E-state index contributed by atoms with van der Waals surface area (Å²) in [5.74, 6) is 1.16. The number of benzene rings is 2. The Morgan fingerprint density at radius 2 is 1.79 bits per heavy atom. The number of hydrogen-bond acceptors (Lipinski definition) is 3. The van der Waals surface area contributed by atoms with E-state index in [-0.39, 0.29) is 5.91 Å². The van der Waals surface area contributed by atoms with E-state index in [0.717, 1.165) is 14.5 Å². The van der Waals surface area contributed by atoms with Crippen LogP contribution >= 0.6 is 43.5 Å². The predicted molar refractivity (Wildman–Crippen MR) is 103 cm³/mol. The fourth-order valence-electron chi connectivity index (χ4n) is 2.14. The average molecular weight is 478 g/mol. The average Bonchev–Trinajstić information content (AvgIpc) is 2.56. The monoisotopic (exact) mass is 475 g/mol. The van der Waals surface area contributed by atoms with Gasteiger partial charge in [-0.25, -0.2) is 0 Å². The molecule has 0 aromatic heterocycles. The van der Waals surface area contributed by atoms with Crippen molar-refractivity contribution in [2.45, 2.75) is 12.8 Å². The second kappa shape index (κ2) is 8.74. The molecule has 0 bridgehead atoms. The van der Waals surface area contributed by atoms with E-state index in [9.17, 15) is 4.79 Å². The van der Waals surface area contributed by atoms with E-state index in [1.165, 1.54) is 0 Å². The van der Waals surface area contributed by atoms with Crippen molar-refractivity contribution >= 4 is 55.1 Å². The second-order valence-corrected chi connectivity index (χ2v) is 7.15. The van der Waals surface area contributed by atoms with Crippen LogP contribution in [0.5, 0.6) is 11.5 Å². The first-order valence-corrected chi connectivity index (χ1v) is 9.06. The van der Waals surface area contributed by atoms with Crippen LogP contribution in [0.2, 0.25) is 5.02 Å². The van der Waals surface area contributed by atoms with Crippen molar-refractivity contribution in [1.29, 1.82) is 0 Å². The van der Waals surface area contributed by atoms with E-state index >= 15 is 0 Å². The van der Waals surface area contributed by atoms with E-state index in [1.807, 2.05) is 18.2 Å². The minimum absolute atomic E-state index is 0.110. The number of carbonyl (C=O) groups excluding carboxylic acids is 1. The number of amides is 1. The molecule has 2 aromatic carbocycles. The lowest BCUT2D eigenvalue weighted by Crippen LogP contribution is -2.12. The van der Waals surface area contributed by atoms with Gasteiger partial charge in [-0.2, -0.15) is 0 Å². The maximum atomic E-state index is 12.2. The number of anilines is 1.